The van der Waals surface area contributed by atoms with E-state index in [4.69, 9.17) is 4.74 Å². The molecular formula is C17H31N3O4. The fourth-order valence-electron chi connectivity index (χ4n) is 1.80. The van der Waals surface area contributed by atoms with Crippen LogP contribution < -0.4 is 16.0 Å². The Morgan fingerprint density at radius 2 is 1.58 bits per heavy atom. The van der Waals surface area contributed by atoms with Gasteiger partial charge >= 0.3 is 6.09 Å². The lowest BCUT2D eigenvalue weighted by Crippen LogP contribution is -2.46. The van der Waals surface area contributed by atoms with E-state index in [9.17, 15) is 14.4 Å². The van der Waals surface area contributed by atoms with Crippen LogP contribution in [0, 0.1) is 0 Å². The molecule has 0 fully saturated rings. The first kappa shape index (κ1) is 21.9. The first-order chi connectivity index (χ1) is 11.2. The van der Waals surface area contributed by atoms with Crippen molar-refractivity contribution in [3.8, 4) is 0 Å². The minimum absolute atomic E-state index is 0.159. The van der Waals surface area contributed by atoms with Crippen molar-refractivity contribution in [3.05, 3.63) is 12.7 Å². The number of unbranched alkanes of at least 4 members (excludes halogenated alkanes) is 3. The number of rotatable bonds is 10. The van der Waals surface area contributed by atoms with Crippen LogP contribution in [0.1, 0.15) is 53.4 Å². The molecule has 24 heavy (non-hydrogen) atoms. The summed E-state index contributed by atoms with van der Waals surface area (Å²) >= 11 is 0. The highest BCUT2D eigenvalue weighted by atomic mass is 16.6. The van der Waals surface area contributed by atoms with Crippen LogP contribution >= 0.6 is 0 Å². The number of hydrogen-bond donors (Lipinski definition) is 3. The first-order valence-electron chi connectivity index (χ1n) is 8.33. The summed E-state index contributed by atoms with van der Waals surface area (Å²) < 4.78 is 5.10. The summed E-state index contributed by atoms with van der Waals surface area (Å²) in [6.07, 6.45) is 4.32. The van der Waals surface area contributed by atoms with Gasteiger partial charge in [0.05, 0.1) is 0 Å². The average molecular weight is 341 g/mol. The zero-order valence-electron chi connectivity index (χ0n) is 15.2. The topological polar surface area (TPSA) is 96.5 Å². The van der Waals surface area contributed by atoms with E-state index in [1.54, 1.807) is 27.7 Å². The van der Waals surface area contributed by atoms with Crippen molar-refractivity contribution in [1.29, 1.82) is 0 Å². The van der Waals surface area contributed by atoms with Gasteiger partial charge in [-0.3, -0.25) is 9.59 Å². The fourth-order valence-corrected chi connectivity index (χ4v) is 1.80. The Kier molecular flexibility index (Phi) is 10.5. The number of hydrogen-bond acceptors (Lipinski definition) is 4. The normalized spacial score (nSPS) is 12.0. The Morgan fingerprint density at radius 3 is 2.08 bits per heavy atom. The molecule has 0 aromatic rings. The van der Waals surface area contributed by atoms with Gasteiger partial charge in [0, 0.05) is 13.1 Å². The summed E-state index contributed by atoms with van der Waals surface area (Å²) in [5.74, 6) is -0.396. The SMILES string of the molecule is C=CC(=O)NCCCCCCNC(=O)[C@H](C)NC(=O)OC(C)(C)C. The molecule has 7 nitrogen and oxygen atoms in total. The van der Waals surface area contributed by atoms with Crippen LogP contribution in [0.5, 0.6) is 0 Å². The predicted molar refractivity (Wildman–Crippen MR) is 93.5 cm³/mol. The summed E-state index contributed by atoms with van der Waals surface area (Å²) in [6.45, 7) is 11.5. The van der Waals surface area contributed by atoms with E-state index in [1.807, 2.05) is 0 Å². The molecule has 0 radical (unpaired) electrons. The monoisotopic (exact) mass is 341 g/mol. The van der Waals surface area contributed by atoms with E-state index in [2.05, 4.69) is 22.5 Å². The highest BCUT2D eigenvalue weighted by Gasteiger charge is 2.20. The van der Waals surface area contributed by atoms with E-state index >= 15 is 0 Å². The molecule has 1 atom stereocenters. The van der Waals surface area contributed by atoms with Crippen molar-refractivity contribution in [2.75, 3.05) is 13.1 Å². The van der Waals surface area contributed by atoms with E-state index in [-0.39, 0.29) is 11.8 Å². The molecule has 7 heteroatoms. The van der Waals surface area contributed by atoms with Crippen LogP contribution in [0.15, 0.2) is 12.7 Å². The largest absolute Gasteiger partial charge is 0.444 e. The van der Waals surface area contributed by atoms with Gasteiger partial charge in [-0.2, -0.15) is 0 Å². The minimum atomic E-state index is -0.644. The highest BCUT2D eigenvalue weighted by molar-refractivity contribution is 5.86. The molecule has 3 amide bonds. The average Bonchev–Trinajstić information content (AvgIpc) is 2.47. The van der Waals surface area contributed by atoms with E-state index < -0.39 is 17.7 Å². The van der Waals surface area contributed by atoms with Gasteiger partial charge in [-0.15, -0.1) is 0 Å². The summed E-state index contributed by atoms with van der Waals surface area (Å²) in [6, 6.07) is -0.644. The molecule has 3 N–H and O–H groups in total. The molecule has 0 saturated heterocycles. The molecule has 0 rings (SSSR count). The van der Waals surface area contributed by atoms with E-state index in [1.165, 1.54) is 6.08 Å². The molecule has 0 unspecified atom stereocenters. The molecule has 0 aliphatic rings. The fraction of sp³-hybridized carbons (Fsp3) is 0.706. The Bertz CT molecular complexity index is 430. The standard InChI is InChI=1S/C17H31N3O4/c1-6-14(21)18-11-9-7-8-10-12-19-15(22)13(2)20-16(23)24-17(3,4)5/h6,13H,1,7-12H2,2-5H3,(H,18,21)(H,19,22)(H,20,23)/t13-/m0/s1. The first-order valence-corrected chi connectivity index (χ1v) is 8.33. The lowest BCUT2D eigenvalue weighted by molar-refractivity contribution is -0.122. The Hall–Kier alpha value is -2.05. The van der Waals surface area contributed by atoms with Crippen molar-refractivity contribution in [1.82, 2.24) is 16.0 Å². The number of alkyl carbamates (subject to hydrolysis) is 1. The predicted octanol–water partition coefficient (Wildman–Crippen LogP) is 1.88. The zero-order chi connectivity index (χ0) is 18.6. The van der Waals surface area contributed by atoms with Crippen molar-refractivity contribution in [2.24, 2.45) is 0 Å². The third-order valence-corrected chi connectivity index (χ3v) is 3.01. The van der Waals surface area contributed by atoms with Crippen LogP contribution in [0.2, 0.25) is 0 Å². The van der Waals surface area contributed by atoms with Gasteiger partial charge in [-0.25, -0.2) is 4.79 Å². The van der Waals surface area contributed by atoms with Gasteiger partial charge < -0.3 is 20.7 Å². The Labute approximate surface area is 144 Å². The summed E-state index contributed by atoms with van der Waals surface area (Å²) in [4.78, 5) is 34.3. The number of nitrogens with one attached hydrogen (secondary N) is 3. The lowest BCUT2D eigenvalue weighted by Gasteiger charge is -2.21. The van der Waals surface area contributed by atoms with Crippen LogP contribution in [0.25, 0.3) is 0 Å². The van der Waals surface area contributed by atoms with Crippen molar-refractivity contribution < 1.29 is 19.1 Å². The maximum absolute atomic E-state index is 11.8. The Morgan fingerprint density at radius 1 is 1.04 bits per heavy atom. The van der Waals surface area contributed by atoms with E-state index in [0.29, 0.717) is 13.1 Å². The molecule has 0 aliphatic heterocycles. The van der Waals surface area contributed by atoms with Gasteiger partial charge in [-0.1, -0.05) is 19.4 Å². The second kappa shape index (κ2) is 11.5. The van der Waals surface area contributed by atoms with Crippen LogP contribution in [-0.4, -0.2) is 42.6 Å². The molecule has 0 spiro atoms. The quantitative estimate of drug-likeness (QED) is 0.417. The van der Waals surface area contributed by atoms with Crippen LogP contribution in [-0.2, 0) is 14.3 Å². The minimum Gasteiger partial charge on any atom is -0.444 e. The third-order valence-electron chi connectivity index (χ3n) is 3.01. The second-order valence-electron chi connectivity index (χ2n) is 6.57. The van der Waals surface area contributed by atoms with Gasteiger partial charge in [0.2, 0.25) is 11.8 Å². The summed E-state index contributed by atoms with van der Waals surface area (Å²) in [7, 11) is 0. The lowest BCUT2D eigenvalue weighted by atomic mass is 10.2. The molecule has 0 heterocycles. The molecule has 0 aromatic carbocycles. The number of ether oxygens (including phenoxy) is 1. The summed E-state index contributed by atoms with van der Waals surface area (Å²) in [5, 5.41) is 7.99. The summed E-state index contributed by atoms with van der Waals surface area (Å²) in [5.41, 5.74) is -0.592. The number of amides is 3. The molecule has 0 aliphatic carbocycles. The molecule has 0 bridgehead atoms. The highest BCUT2D eigenvalue weighted by Crippen LogP contribution is 2.06. The maximum Gasteiger partial charge on any atom is 0.408 e. The van der Waals surface area contributed by atoms with E-state index in [0.717, 1.165) is 25.7 Å². The molecule has 0 saturated carbocycles. The third kappa shape index (κ3) is 12.5. The molecule has 138 valence electrons. The van der Waals surface area contributed by atoms with Gasteiger partial charge in [0.1, 0.15) is 11.6 Å². The van der Waals surface area contributed by atoms with Crippen LogP contribution in [0.4, 0.5) is 4.79 Å². The number of carbonyl (C=O) groups is 3. The Balaban J connectivity index is 3.69. The smallest absolute Gasteiger partial charge is 0.408 e. The van der Waals surface area contributed by atoms with Crippen molar-refractivity contribution >= 4 is 17.9 Å². The maximum atomic E-state index is 11.8. The zero-order valence-corrected chi connectivity index (χ0v) is 15.2. The van der Waals surface area contributed by atoms with Gasteiger partial charge in [0.25, 0.3) is 0 Å². The van der Waals surface area contributed by atoms with Crippen molar-refractivity contribution in [2.45, 2.75) is 65.0 Å². The van der Waals surface area contributed by atoms with Gasteiger partial charge in [0.15, 0.2) is 0 Å². The van der Waals surface area contributed by atoms with Gasteiger partial charge in [-0.05, 0) is 46.6 Å². The van der Waals surface area contributed by atoms with Crippen molar-refractivity contribution in [3.63, 3.8) is 0 Å². The molecular weight excluding hydrogens is 310 g/mol. The molecule has 0 aromatic heterocycles. The van der Waals surface area contributed by atoms with Crippen LogP contribution in [0.3, 0.4) is 0 Å². The number of carbonyl (C=O) groups excluding carboxylic acids is 3. The second-order valence-corrected chi connectivity index (χ2v) is 6.57.